The Kier molecular flexibility index (Phi) is 6.33. The largest absolute Gasteiger partial charge is 0.487 e. The van der Waals surface area contributed by atoms with Gasteiger partial charge in [0.2, 0.25) is 5.91 Å². The summed E-state index contributed by atoms with van der Waals surface area (Å²) in [6.07, 6.45) is 6.86. The normalized spacial score (nSPS) is 10.9. The maximum absolute atomic E-state index is 12.2. The lowest BCUT2D eigenvalue weighted by atomic mass is 10.2. The van der Waals surface area contributed by atoms with Gasteiger partial charge in [-0.05, 0) is 42.3 Å². The Bertz CT molecular complexity index is 905. The van der Waals surface area contributed by atoms with Gasteiger partial charge in [0, 0.05) is 37.4 Å². The summed E-state index contributed by atoms with van der Waals surface area (Å²) in [6.45, 7) is 2.96. The van der Waals surface area contributed by atoms with E-state index in [1.54, 1.807) is 47.8 Å². The van der Waals surface area contributed by atoms with Gasteiger partial charge >= 0.3 is 0 Å². The highest BCUT2D eigenvalue weighted by Gasteiger charge is 2.06. The van der Waals surface area contributed by atoms with Gasteiger partial charge in [0.25, 0.3) is 0 Å². The molecule has 138 valence electrons. The number of benzene rings is 1. The molecule has 3 aromatic rings. The van der Waals surface area contributed by atoms with E-state index in [4.69, 9.17) is 4.74 Å². The van der Waals surface area contributed by atoms with E-state index in [9.17, 15) is 4.79 Å². The molecular formula is C21H21N3O2S. The Morgan fingerprint density at radius 1 is 1.26 bits per heavy atom. The van der Waals surface area contributed by atoms with Crippen molar-refractivity contribution in [3.8, 4) is 5.75 Å². The number of hydrogen-bond acceptors (Lipinski definition) is 5. The Morgan fingerprint density at radius 2 is 2.07 bits per heavy atom. The molecular weight excluding hydrogens is 358 g/mol. The smallest absolute Gasteiger partial charge is 0.246 e. The van der Waals surface area contributed by atoms with Gasteiger partial charge in [0.15, 0.2) is 0 Å². The summed E-state index contributed by atoms with van der Waals surface area (Å²) in [5, 5.41) is 3.03. The van der Waals surface area contributed by atoms with Crippen molar-refractivity contribution in [2.45, 2.75) is 20.1 Å². The number of aromatic nitrogens is 2. The molecule has 5 nitrogen and oxygen atoms in total. The number of likely N-dealkylation sites (N-methyl/N-ethyl adjacent to an activating group) is 1. The van der Waals surface area contributed by atoms with Crippen molar-refractivity contribution in [3.05, 3.63) is 82.1 Å². The van der Waals surface area contributed by atoms with Gasteiger partial charge in [-0.1, -0.05) is 18.2 Å². The monoisotopic (exact) mass is 379 g/mol. The highest BCUT2D eigenvalue weighted by Crippen LogP contribution is 2.16. The van der Waals surface area contributed by atoms with Crippen LogP contribution in [-0.4, -0.2) is 27.8 Å². The number of nitrogens with zero attached hydrogens (tertiary/aromatic N) is 3. The molecule has 0 fully saturated rings. The van der Waals surface area contributed by atoms with Crippen LogP contribution in [0.25, 0.3) is 6.08 Å². The third kappa shape index (κ3) is 5.76. The molecule has 0 N–H and O–H groups in total. The van der Waals surface area contributed by atoms with Crippen LogP contribution in [0.1, 0.15) is 21.8 Å². The van der Waals surface area contributed by atoms with Crippen LogP contribution >= 0.6 is 11.3 Å². The van der Waals surface area contributed by atoms with Crippen molar-refractivity contribution in [3.63, 3.8) is 0 Å². The van der Waals surface area contributed by atoms with E-state index in [1.165, 1.54) is 0 Å². The quantitative estimate of drug-likeness (QED) is 0.580. The van der Waals surface area contributed by atoms with Crippen LogP contribution in [0.3, 0.4) is 0 Å². The lowest BCUT2D eigenvalue weighted by Crippen LogP contribution is -2.24. The standard InChI is InChI=1S/C21H21N3O2S/c1-16-23-19(15-27-16)14-26-20-8-5-17(6-9-20)7-10-21(25)24(2)13-18-4-3-11-22-12-18/h3-12,15H,13-14H2,1-2H3/b10-7+. The molecule has 6 heteroatoms. The van der Waals surface area contributed by atoms with Crippen LogP contribution in [0, 0.1) is 6.92 Å². The minimum absolute atomic E-state index is 0.0573. The lowest BCUT2D eigenvalue weighted by molar-refractivity contribution is -0.125. The minimum Gasteiger partial charge on any atom is -0.487 e. The predicted octanol–water partition coefficient (Wildman–Crippen LogP) is 4.10. The van der Waals surface area contributed by atoms with Crippen molar-refractivity contribution in [1.29, 1.82) is 0 Å². The Hall–Kier alpha value is -2.99. The molecule has 27 heavy (non-hydrogen) atoms. The molecule has 1 amide bonds. The van der Waals surface area contributed by atoms with E-state index in [2.05, 4.69) is 9.97 Å². The van der Waals surface area contributed by atoms with Crippen LogP contribution in [0.2, 0.25) is 0 Å². The number of carbonyl (C=O) groups is 1. The van der Waals surface area contributed by atoms with E-state index in [0.29, 0.717) is 13.2 Å². The van der Waals surface area contributed by atoms with Crippen molar-refractivity contribution in [2.24, 2.45) is 0 Å². The van der Waals surface area contributed by atoms with Crippen molar-refractivity contribution in [2.75, 3.05) is 7.05 Å². The molecule has 0 aliphatic heterocycles. The Labute approximate surface area is 163 Å². The lowest BCUT2D eigenvalue weighted by Gasteiger charge is -2.14. The molecule has 1 aromatic carbocycles. The van der Waals surface area contributed by atoms with Crippen LogP contribution in [0.4, 0.5) is 0 Å². The second-order valence-corrected chi connectivity index (χ2v) is 7.17. The molecule has 0 spiro atoms. The maximum Gasteiger partial charge on any atom is 0.246 e. The van der Waals surface area contributed by atoms with E-state index < -0.39 is 0 Å². The van der Waals surface area contributed by atoms with E-state index in [1.807, 2.05) is 48.7 Å². The van der Waals surface area contributed by atoms with E-state index in [-0.39, 0.29) is 5.91 Å². The zero-order chi connectivity index (χ0) is 19.1. The van der Waals surface area contributed by atoms with Gasteiger partial charge in [-0.25, -0.2) is 4.98 Å². The molecule has 0 unspecified atom stereocenters. The van der Waals surface area contributed by atoms with Gasteiger partial charge in [-0.3, -0.25) is 9.78 Å². The fourth-order valence-corrected chi connectivity index (χ4v) is 3.04. The summed E-state index contributed by atoms with van der Waals surface area (Å²) in [5.41, 5.74) is 2.87. The number of thiazole rings is 1. The number of rotatable bonds is 7. The Balaban J connectivity index is 1.51. The molecule has 0 bridgehead atoms. The number of amides is 1. The maximum atomic E-state index is 12.2. The van der Waals surface area contributed by atoms with E-state index in [0.717, 1.165) is 27.6 Å². The molecule has 0 atom stereocenters. The zero-order valence-electron chi connectivity index (χ0n) is 15.3. The summed E-state index contributed by atoms with van der Waals surface area (Å²) in [5.74, 6) is 0.718. The topological polar surface area (TPSA) is 55.3 Å². The van der Waals surface area contributed by atoms with Gasteiger partial charge < -0.3 is 9.64 Å². The number of hydrogen-bond donors (Lipinski definition) is 0. The van der Waals surface area contributed by atoms with Gasteiger partial charge in [0.05, 0.1) is 10.7 Å². The molecule has 3 rings (SSSR count). The zero-order valence-corrected chi connectivity index (χ0v) is 16.1. The second-order valence-electron chi connectivity index (χ2n) is 6.10. The third-order valence-corrected chi connectivity index (χ3v) is 4.69. The summed E-state index contributed by atoms with van der Waals surface area (Å²) < 4.78 is 5.73. The molecule has 0 saturated heterocycles. The van der Waals surface area contributed by atoms with E-state index >= 15 is 0 Å². The van der Waals surface area contributed by atoms with Crippen molar-refractivity contribution < 1.29 is 9.53 Å². The molecule has 0 saturated carbocycles. The van der Waals surface area contributed by atoms with Crippen LogP contribution in [0.15, 0.2) is 60.2 Å². The summed E-state index contributed by atoms with van der Waals surface area (Å²) >= 11 is 1.61. The number of aryl methyl sites for hydroxylation is 1. The van der Waals surface area contributed by atoms with Gasteiger partial charge in [-0.2, -0.15) is 0 Å². The first-order chi connectivity index (χ1) is 13.1. The fraction of sp³-hybridized carbons (Fsp3) is 0.190. The first kappa shape index (κ1) is 18.8. The highest BCUT2D eigenvalue weighted by molar-refractivity contribution is 7.09. The Morgan fingerprint density at radius 3 is 2.74 bits per heavy atom. The number of pyridine rings is 1. The molecule has 0 radical (unpaired) electrons. The number of ether oxygens (including phenoxy) is 1. The number of carbonyl (C=O) groups excluding carboxylic acids is 1. The summed E-state index contributed by atoms with van der Waals surface area (Å²) in [4.78, 5) is 22.3. The van der Waals surface area contributed by atoms with Crippen LogP contribution in [0.5, 0.6) is 5.75 Å². The van der Waals surface area contributed by atoms with Gasteiger partial charge in [-0.15, -0.1) is 11.3 Å². The first-order valence-corrected chi connectivity index (χ1v) is 9.44. The second kappa shape index (κ2) is 9.09. The van der Waals surface area contributed by atoms with Crippen LogP contribution in [-0.2, 0) is 17.9 Å². The summed E-state index contributed by atoms with van der Waals surface area (Å²) in [6, 6.07) is 11.4. The third-order valence-electron chi connectivity index (χ3n) is 3.87. The SMILES string of the molecule is Cc1nc(COc2ccc(/C=C/C(=O)N(C)Cc3cccnc3)cc2)cs1. The summed E-state index contributed by atoms with van der Waals surface area (Å²) in [7, 11) is 1.77. The van der Waals surface area contributed by atoms with Crippen molar-refractivity contribution >= 4 is 23.3 Å². The average Bonchev–Trinajstić information content (AvgIpc) is 3.11. The minimum atomic E-state index is -0.0573. The molecule has 0 aliphatic carbocycles. The fourth-order valence-electron chi connectivity index (χ4n) is 2.45. The van der Waals surface area contributed by atoms with Crippen molar-refractivity contribution in [1.82, 2.24) is 14.9 Å². The molecule has 2 aromatic heterocycles. The average molecular weight is 379 g/mol. The molecule has 0 aliphatic rings. The first-order valence-electron chi connectivity index (χ1n) is 8.56. The highest BCUT2D eigenvalue weighted by atomic mass is 32.1. The van der Waals surface area contributed by atoms with Crippen LogP contribution < -0.4 is 4.74 Å². The molecule has 2 heterocycles. The van der Waals surface area contributed by atoms with Gasteiger partial charge in [0.1, 0.15) is 12.4 Å². The predicted molar refractivity (Wildman–Crippen MR) is 107 cm³/mol.